The summed E-state index contributed by atoms with van der Waals surface area (Å²) in [6.45, 7) is 13.8. The number of esters is 2. The first-order valence-corrected chi connectivity index (χ1v) is 25.6. The van der Waals surface area contributed by atoms with E-state index in [1.807, 2.05) is 70.2 Å². The Labute approximate surface area is 438 Å². The molecule has 0 bridgehead atoms. The lowest BCUT2D eigenvalue weighted by molar-refractivity contribution is -0.226. The van der Waals surface area contributed by atoms with E-state index in [1.54, 1.807) is 32.0 Å². The third-order valence-corrected chi connectivity index (χ3v) is 15.5. The molecule has 0 aliphatic carbocycles. The molecule has 3 aliphatic rings. The van der Waals surface area contributed by atoms with Crippen LogP contribution in [-0.4, -0.2) is 83.1 Å². The zero-order valence-corrected chi connectivity index (χ0v) is 44.1. The number of halogens is 6. The third-order valence-electron chi connectivity index (χ3n) is 13.2. The van der Waals surface area contributed by atoms with Gasteiger partial charge in [-0.3, -0.25) is 9.59 Å². The normalized spacial score (nSPS) is 24.1. The standard InChI is InChI=1S/C29H29F3O5S.C26H25F3O5S.CH4O/c1-14-6-7-19(28-29(37-18(5)34)27(36-17(4)33)15(2)16(3)35-28)10-20(14)11-22-8-9-25(38-22)21-12-23(30)26(32)24(31)13-21;1-12-4-5-13(21(30)23-22(31)24-25(32-23)34-26(2,3)33-24)8-14(12)9-16-6-7-19(35-16)15-10-17(27)20(29)18(28)11-15;1-2/h6-10,12-13,15-16,27-29H,11H2,1-5H3;4-8,10-11,21-25,30-31H,9H2,1-3H3;2H,1H3/t15-,16-,27+,28?,29-;21?,22-,23+,24+,25+;/m11./s1. The second-order valence-corrected chi connectivity index (χ2v) is 21.4. The summed E-state index contributed by atoms with van der Waals surface area (Å²) in [6.07, 6.45) is -5.88. The second-order valence-electron chi connectivity index (χ2n) is 19.0. The monoisotopic (exact) mass is 1080 g/mol. The molecule has 3 aliphatic heterocycles. The molecule has 75 heavy (non-hydrogen) atoms. The molecule has 10 atom stereocenters. The molecule has 3 N–H and O–H groups in total. The molecule has 19 heteroatoms. The van der Waals surface area contributed by atoms with Crippen molar-refractivity contribution in [3.8, 4) is 20.9 Å². The summed E-state index contributed by atoms with van der Waals surface area (Å²) in [6, 6.07) is 22.5. The minimum atomic E-state index is -1.49. The van der Waals surface area contributed by atoms with Gasteiger partial charge in [-0.1, -0.05) is 43.3 Å². The quantitative estimate of drug-likeness (QED) is 0.0646. The van der Waals surface area contributed by atoms with Crippen molar-refractivity contribution in [3.63, 3.8) is 0 Å². The summed E-state index contributed by atoms with van der Waals surface area (Å²) in [5.41, 5.74) is 5.81. The average Bonchev–Trinajstić information content (AvgIpc) is 4.16. The molecule has 2 unspecified atom stereocenters. The summed E-state index contributed by atoms with van der Waals surface area (Å²) >= 11 is 2.70. The third kappa shape index (κ3) is 13.0. The van der Waals surface area contributed by atoms with Crippen LogP contribution in [0.5, 0.6) is 0 Å². The molecule has 4 aromatic carbocycles. The maximum atomic E-state index is 13.7. The lowest BCUT2D eigenvalue weighted by atomic mass is 9.85. The molecule has 3 saturated heterocycles. The van der Waals surface area contributed by atoms with E-state index >= 15 is 0 Å². The van der Waals surface area contributed by atoms with Crippen LogP contribution >= 0.6 is 22.7 Å². The number of aliphatic hydroxyl groups is 3. The number of carbonyl (C=O) groups is 2. The molecule has 0 radical (unpaired) electrons. The Balaban J connectivity index is 0.000000212. The van der Waals surface area contributed by atoms with Crippen LogP contribution in [0.15, 0.2) is 84.9 Å². The first-order valence-electron chi connectivity index (χ1n) is 23.9. The topological polar surface area (TPSA) is 150 Å². The van der Waals surface area contributed by atoms with Gasteiger partial charge in [-0.2, -0.15) is 0 Å². The number of carbonyl (C=O) groups excluding carboxylic acids is 2. The Bertz CT molecular complexity index is 2970. The summed E-state index contributed by atoms with van der Waals surface area (Å²) in [7, 11) is 1.00. The zero-order chi connectivity index (χ0) is 54.8. The molecule has 6 aromatic rings. The summed E-state index contributed by atoms with van der Waals surface area (Å²) < 4.78 is 116. The summed E-state index contributed by atoms with van der Waals surface area (Å²) in [4.78, 5) is 26.9. The van der Waals surface area contributed by atoms with Crippen molar-refractivity contribution in [2.45, 2.75) is 129 Å². The van der Waals surface area contributed by atoms with Crippen molar-refractivity contribution >= 4 is 34.6 Å². The lowest BCUT2D eigenvalue weighted by Gasteiger charge is -2.43. The Morgan fingerprint density at radius 3 is 1.64 bits per heavy atom. The van der Waals surface area contributed by atoms with Gasteiger partial charge < -0.3 is 43.7 Å². The highest BCUT2D eigenvalue weighted by Gasteiger charge is 2.56. The van der Waals surface area contributed by atoms with Crippen LogP contribution in [0.2, 0.25) is 0 Å². The molecular formula is C56H58F6O11S2. The Kier molecular flexibility index (Phi) is 18.2. The van der Waals surface area contributed by atoms with Crippen molar-refractivity contribution in [2.75, 3.05) is 7.11 Å². The minimum absolute atomic E-state index is 0.199. The fourth-order valence-electron chi connectivity index (χ4n) is 9.24. The maximum absolute atomic E-state index is 13.7. The predicted molar refractivity (Wildman–Crippen MR) is 269 cm³/mol. The molecule has 9 rings (SSSR count). The van der Waals surface area contributed by atoms with Gasteiger partial charge in [0.1, 0.15) is 36.6 Å². The molecule has 3 fully saturated rings. The number of ether oxygens (including phenoxy) is 6. The first-order chi connectivity index (χ1) is 35.5. The second kappa shape index (κ2) is 23.8. The fourth-order valence-corrected chi connectivity index (χ4v) is 11.3. The van der Waals surface area contributed by atoms with E-state index in [2.05, 4.69) is 0 Å². The van der Waals surface area contributed by atoms with E-state index in [9.17, 15) is 46.1 Å². The highest BCUT2D eigenvalue weighted by Crippen LogP contribution is 2.43. The Hall–Kier alpha value is -5.48. The van der Waals surface area contributed by atoms with E-state index < -0.39 is 102 Å². The average molecular weight is 1090 g/mol. The van der Waals surface area contributed by atoms with Crippen LogP contribution in [0.1, 0.15) is 96.9 Å². The zero-order valence-electron chi connectivity index (χ0n) is 42.5. The molecule has 2 aromatic heterocycles. The van der Waals surface area contributed by atoms with E-state index in [-0.39, 0.29) is 23.1 Å². The molecular weight excluding hydrogens is 1030 g/mol. The SMILES string of the molecule is CC(=O)O[C@H]1[C@H](C)[C@@H](C)OC(c2ccc(C)c(Cc3ccc(-c4cc(F)c(F)c(F)c4)s3)c2)[C@@H]1OC(C)=O.CO.Cc1ccc(C(O)[C@@H]2O[C@H]3OC(C)(C)O[C@H]3[C@@H]2O)cc1Cc1ccc(-c2cc(F)c(F)c(F)c2)s1. The largest absolute Gasteiger partial charge is 0.458 e. The van der Waals surface area contributed by atoms with Gasteiger partial charge in [0.05, 0.1) is 6.10 Å². The van der Waals surface area contributed by atoms with Crippen molar-refractivity contribution in [2.24, 2.45) is 5.92 Å². The van der Waals surface area contributed by atoms with E-state index in [1.165, 1.54) is 36.5 Å². The highest BCUT2D eigenvalue weighted by atomic mass is 32.1. The number of hydrogen-bond donors (Lipinski definition) is 3. The molecule has 0 amide bonds. The number of thiophene rings is 2. The van der Waals surface area contributed by atoms with Crippen molar-refractivity contribution in [1.29, 1.82) is 0 Å². The van der Waals surface area contributed by atoms with Gasteiger partial charge >= 0.3 is 11.9 Å². The van der Waals surface area contributed by atoms with E-state index in [0.717, 1.165) is 68.9 Å². The van der Waals surface area contributed by atoms with Crippen LogP contribution in [0.4, 0.5) is 26.3 Å². The number of rotatable bonds is 11. The molecule has 11 nitrogen and oxygen atoms in total. The molecule has 402 valence electrons. The summed E-state index contributed by atoms with van der Waals surface area (Å²) in [5.74, 6) is -9.94. The van der Waals surface area contributed by atoms with Crippen molar-refractivity contribution < 1.29 is 79.7 Å². The Morgan fingerprint density at radius 1 is 0.667 bits per heavy atom. The van der Waals surface area contributed by atoms with Gasteiger partial charge in [-0.25, -0.2) is 26.3 Å². The van der Waals surface area contributed by atoms with Crippen molar-refractivity contribution in [1.82, 2.24) is 0 Å². The van der Waals surface area contributed by atoms with Crippen molar-refractivity contribution in [3.05, 3.63) is 163 Å². The van der Waals surface area contributed by atoms with Crippen LogP contribution in [-0.2, 0) is 50.9 Å². The van der Waals surface area contributed by atoms with Crippen LogP contribution < -0.4 is 0 Å². The highest BCUT2D eigenvalue weighted by molar-refractivity contribution is 7.15. The fraction of sp³-hybridized carbons (Fsp3) is 0.393. The maximum Gasteiger partial charge on any atom is 0.303 e. The van der Waals surface area contributed by atoms with E-state index in [4.69, 9.17) is 33.5 Å². The van der Waals surface area contributed by atoms with E-state index in [0.29, 0.717) is 28.2 Å². The Morgan fingerprint density at radius 2 is 1.15 bits per heavy atom. The van der Waals surface area contributed by atoms with Crippen LogP contribution in [0, 0.1) is 54.7 Å². The lowest BCUT2D eigenvalue weighted by Crippen LogP contribution is -2.52. The van der Waals surface area contributed by atoms with Gasteiger partial charge in [0.15, 0.2) is 53.1 Å². The van der Waals surface area contributed by atoms with Crippen LogP contribution in [0.3, 0.4) is 0 Å². The molecule has 0 spiro atoms. The van der Waals surface area contributed by atoms with Gasteiger partial charge in [-0.05, 0) is 128 Å². The van der Waals surface area contributed by atoms with Gasteiger partial charge in [0.2, 0.25) is 0 Å². The van der Waals surface area contributed by atoms with Gasteiger partial charge in [0.25, 0.3) is 0 Å². The molecule has 5 heterocycles. The van der Waals surface area contributed by atoms with Gasteiger partial charge in [0, 0.05) is 59.2 Å². The minimum Gasteiger partial charge on any atom is -0.458 e. The number of aliphatic hydroxyl groups excluding tert-OH is 3. The summed E-state index contributed by atoms with van der Waals surface area (Å²) in [5, 5.41) is 28.7. The number of benzene rings is 4. The number of hydrogen-bond acceptors (Lipinski definition) is 13. The number of aryl methyl sites for hydroxylation is 2. The molecule has 0 saturated carbocycles. The smallest absolute Gasteiger partial charge is 0.303 e. The predicted octanol–water partition coefficient (Wildman–Crippen LogP) is 11.3. The van der Waals surface area contributed by atoms with Crippen LogP contribution in [0.25, 0.3) is 20.9 Å². The first kappa shape index (κ1) is 57.2. The van der Waals surface area contributed by atoms with Gasteiger partial charge in [-0.15, -0.1) is 22.7 Å². The number of fused-ring (bicyclic) bond motifs is 1.